The highest BCUT2D eigenvalue weighted by Gasteiger charge is 2.24. The Kier molecular flexibility index (Phi) is 8.89. The number of benzene rings is 6. The molecule has 0 fully saturated rings. The van der Waals surface area contributed by atoms with E-state index in [1.807, 2.05) is 30.3 Å². The average molecular weight is 694 g/mol. The van der Waals surface area contributed by atoms with Crippen LogP contribution in [0.1, 0.15) is 52.7 Å². The number of halogens is 2. The first kappa shape index (κ1) is 33.7. The van der Waals surface area contributed by atoms with E-state index in [0.29, 0.717) is 10.0 Å². The number of fused-ring (bicyclic) bond motifs is 1. The van der Waals surface area contributed by atoms with Crippen molar-refractivity contribution in [2.45, 2.75) is 52.4 Å². The van der Waals surface area contributed by atoms with Crippen molar-refractivity contribution in [1.29, 1.82) is 0 Å². The number of rotatable bonds is 6. The van der Waals surface area contributed by atoms with Gasteiger partial charge >= 0.3 is 0 Å². The quantitative estimate of drug-likeness (QED) is 0.168. The summed E-state index contributed by atoms with van der Waals surface area (Å²) in [7, 11) is 0. The van der Waals surface area contributed by atoms with Crippen LogP contribution in [0.3, 0.4) is 0 Å². The highest BCUT2D eigenvalue weighted by Crippen LogP contribution is 2.45. The largest absolute Gasteiger partial charge is 0.314 e. The lowest BCUT2D eigenvalue weighted by Crippen LogP contribution is -2.13. The van der Waals surface area contributed by atoms with Crippen molar-refractivity contribution in [2.24, 2.45) is 0 Å². The van der Waals surface area contributed by atoms with Crippen molar-refractivity contribution in [3.05, 3.63) is 167 Å². The predicted molar refractivity (Wildman–Crippen MR) is 216 cm³/mol. The van der Waals surface area contributed by atoms with Crippen molar-refractivity contribution in [2.75, 3.05) is 4.90 Å². The fourth-order valence-electron chi connectivity index (χ4n) is 6.62. The Morgan fingerprint density at radius 3 is 1.60 bits per heavy atom. The van der Waals surface area contributed by atoms with Gasteiger partial charge in [-0.05, 0) is 105 Å². The van der Waals surface area contributed by atoms with Crippen molar-refractivity contribution < 1.29 is 0 Å². The Morgan fingerprint density at radius 1 is 0.480 bits per heavy atom. The van der Waals surface area contributed by atoms with Gasteiger partial charge in [0.1, 0.15) is 0 Å². The third kappa shape index (κ3) is 6.84. The van der Waals surface area contributed by atoms with Gasteiger partial charge in [0, 0.05) is 38.7 Å². The number of hydrogen-bond acceptors (Lipinski definition) is 1. The highest BCUT2D eigenvalue weighted by molar-refractivity contribution is 6.31. The standard InChI is InChI=1S/C46H42Cl2N2/c1-45(2,3)35-17-20-39(21-18-35)50(41-26-34(24-38(48)29-41)32-15-11-8-12-16-32)44-30-49(43-22-19-36(27-42(43)44)46(4,5)6)40-25-33(23-37(47)28-40)31-13-9-7-10-14-31/h7-30H,1-6H3. The molecular formula is C46H42Cl2N2. The van der Waals surface area contributed by atoms with Crippen LogP contribution in [-0.2, 0) is 10.8 Å². The Balaban J connectivity index is 1.51. The summed E-state index contributed by atoms with van der Waals surface area (Å²) < 4.78 is 2.27. The zero-order valence-corrected chi connectivity index (χ0v) is 31.0. The van der Waals surface area contributed by atoms with Crippen LogP contribution >= 0.6 is 23.2 Å². The van der Waals surface area contributed by atoms with E-state index in [2.05, 4.69) is 166 Å². The Bertz CT molecular complexity index is 2290. The maximum atomic E-state index is 6.95. The van der Waals surface area contributed by atoms with Gasteiger partial charge in [0.2, 0.25) is 0 Å². The topological polar surface area (TPSA) is 8.17 Å². The van der Waals surface area contributed by atoms with Gasteiger partial charge in [-0.1, -0.05) is 144 Å². The third-order valence-electron chi connectivity index (χ3n) is 9.40. The number of anilines is 3. The van der Waals surface area contributed by atoms with Gasteiger partial charge in [0.15, 0.2) is 0 Å². The van der Waals surface area contributed by atoms with E-state index in [0.717, 1.165) is 55.9 Å². The van der Waals surface area contributed by atoms with Gasteiger partial charge in [0.05, 0.1) is 11.2 Å². The molecule has 50 heavy (non-hydrogen) atoms. The summed E-state index contributed by atoms with van der Waals surface area (Å²) in [5.41, 5.74) is 12.1. The first-order chi connectivity index (χ1) is 23.8. The summed E-state index contributed by atoms with van der Waals surface area (Å²) in [5.74, 6) is 0. The molecule has 0 spiro atoms. The molecule has 250 valence electrons. The number of aromatic nitrogens is 1. The molecule has 0 N–H and O–H groups in total. The van der Waals surface area contributed by atoms with Crippen LogP contribution in [0.2, 0.25) is 10.0 Å². The van der Waals surface area contributed by atoms with Crippen LogP contribution in [0.25, 0.3) is 38.8 Å². The monoisotopic (exact) mass is 692 g/mol. The molecule has 0 unspecified atom stereocenters. The Hall–Kier alpha value is -4.76. The molecule has 7 aromatic rings. The van der Waals surface area contributed by atoms with Crippen LogP contribution in [-0.4, -0.2) is 4.57 Å². The average Bonchev–Trinajstić information content (AvgIpc) is 3.47. The summed E-state index contributed by atoms with van der Waals surface area (Å²) in [6.07, 6.45) is 2.25. The first-order valence-corrected chi connectivity index (χ1v) is 17.9. The molecule has 0 saturated heterocycles. The minimum atomic E-state index is -0.0419. The molecule has 0 aliphatic carbocycles. The summed E-state index contributed by atoms with van der Waals surface area (Å²) >= 11 is 13.8. The zero-order valence-electron chi connectivity index (χ0n) is 29.5. The van der Waals surface area contributed by atoms with E-state index in [9.17, 15) is 0 Å². The Morgan fingerprint density at radius 2 is 1.02 bits per heavy atom. The molecule has 4 heteroatoms. The van der Waals surface area contributed by atoms with E-state index in [1.165, 1.54) is 11.1 Å². The Labute approximate surface area is 306 Å². The summed E-state index contributed by atoms with van der Waals surface area (Å²) in [6.45, 7) is 13.5. The molecule has 0 amide bonds. The van der Waals surface area contributed by atoms with Gasteiger partial charge in [-0.3, -0.25) is 0 Å². The number of hydrogen-bond donors (Lipinski definition) is 0. The van der Waals surface area contributed by atoms with Gasteiger partial charge < -0.3 is 9.47 Å². The minimum Gasteiger partial charge on any atom is -0.314 e. The first-order valence-electron chi connectivity index (χ1n) is 17.1. The van der Waals surface area contributed by atoms with Gasteiger partial charge in [-0.25, -0.2) is 0 Å². The fraction of sp³-hybridized carbons (Fsp3) is 0.174. The highest BCUT2D eigenvalue weighted by atomic mass is 35.5. The van der Waals surface area contributed by atoms with Crippen molar-refractivity contribution in [1.82, 2.24) is 4.57 Å². The van der Waals surface area contributed by atoms with Gasteiger partial charge in [-0.2, -0.15) is 0 Å². The lowest BCUT2D eigenvalue weighted by molar-refractivity contribution is 0.590. The second-order valence-corrected chi connectivity index (χ2v) is 16.0. The second-order valence-electron chi connectivity index (χ2n) is 15.1. The maximum Gasteiger partial charge on any atom is 0.0721 e. The predicted octanol–water partition coefficient (Wildman–Crippen LogP) is 14.3. The van der Waals surface area contributed by atoms with E-state index < -0.39 is 0 Å². The van der Waals surface area contributed by atoms with Crippen LogP contribution in [0.15, 0.2) is 146 Å². The normalized spacial score (nSPS) is 12.0. The van der Waals surface area contributed by atoms with Crippen LogP contribution in [0, 0.1) is 0 Å². The van der Waals surface area contributed by atoms with Crippen LogP contribution in [0.4, 0.5) is 17.1 Å². The lowest BCUT2D eigenvalue weighted by atomic mass is 9.86. The van der Waals surface area contributed by atoms with E-state index >= 15 is 0 Å². The van der Waals surface area contributed by atoms with Gasteiger partial charge in [-0.15, -0.1) is 0 Å². The third-order valence-corrected chi connectivity index (χ3v) is 9.83. The van der Waals surface area contributed by atoms with Crippen molar-refractivity contribution in [3.8, 4) is 27.9 Å². The summed E-state index contributed by atoms with van der Waals surface area (Å²) in [6, 6.07) is 49.3. The molecule has 1 heterocycles. The molecule has 2 nitrogen and oxygen atoms in total. The van der Waals surface area contributed by atoms with E-state index in [1.54, 1.807) is 0 Å². The molecule has 0 bridgehead atoms. The molecular weight excluding hydrogens is 651 g/mol. The fourth-order valence-corrected chi connectivity index (χ4v) is 7.08. The molecule has 0 radical (unpaired) electrons. The van der Waals surface area contributed by atoms with Gasteiger partial charge in [0.25, 0.3) is 0 Å². The van der Waals surface area contributed by atoms with Crippen LogP contribution < -0.4 is 4.90 Å². The molecule has 7 rings (SSSR count). The van der Waals surface area contributed by atoms with E-state index in [-0.39, 0.29) is 10.8 Å². The van der Waals surface area contributed by atoms with Crippen LogP contribution in [0.5, 0.6) is 0 Å². The zero-order chi connectivity index (χ0) is 35.2. The van der Waals surface area contributed by atoms with E-state index in [4.69, 9.17) is 23.2 Å². The maximum absolute atomic E-state index is 6.95. The second kappa shape index (κ2) is 13.2. The number of nitrogens with zero attached hydrogens (tertiary/aromatic N) is 2. The smallest absolute Gasteiger partial charge is 0.0721 e. The summed E-state index contributed by atoms with van der Waals surface area (Å²) in [5, 5.41) is 2.51. The van der Waals surface area contributed by atoms with Crippen molar-refractivity contribution >= 4 is 51.2 Å². The van der Waals surface area contributed by atoms with Crippen molar-refractivity contribution in [3.63, 3.8) is 0 Å². The molecule has 0 saturated carbocycles. The molecule has 0 atom stereocenters. The molecule has 6 aromatic carbocycles. The SMILES string of the molecule is CC(C)(C)c1ccc(N(c2cc(Cl)cc(-c3ccccc3)c2)c2cn(-c3cc(Cl)cc(-c4ccccc4)c3)c3ccc(C(C)(C)C)cc23)cc1. The summed E-state index contributed by atoms with van der Waals surface area (Å²) in [4.78, 5) is 2.35. The minimum absolute atomic E-state index is 0.0283. The molecule has 1 aromatic heterocycles. The lowest BCUT2D eigenvalue weighted by Gasteiger charge is -2.27. The molecule has 0 aliphatic rings. The molecule has 0 aliphatic heterocycles.